The maximum Gasteiger partial charge on any atom is 0.223 e. The van der Waals surface area contributed by atoms with Crippen molar-refractivity contribution in [1.82, 2.24) is 10.2 Å². The summed E-state index contributed by atoms with van der Waals surface area (Å²) in [6.07, 6.45) is 3.23. The molecule has 25 heavy (non-hydrogen) atoms. The number of hydrogen-bond donors (Lipinski definition) is 1. The second kappa shape index (κ2) is 8.68. The van der Waals surface area contributed by atoms with Gasteiger partial charge in [0, 0.05) is 38.3 Å². The molecule has 1 aromatic carbocycles. The molecule has 5 nitrogen and oxygen atoms in total. The summed E-state index contributed by atoms with van der Waals surface area (Å²) in [5.41, 5.74) is 1.08. The topological polar surface area (TPSA) is 50.8 Å². The first-order valence-electron chi connectivity index (χ1n) is 9.41. The smallest absolute Gasteiger partial charge is 0.223 e. The van der Waals surface area contributed by atoms with Crippen LogP contribution in [0.15, 0.2) is 24.3 Å². The number of carbonyl (C=O) groups excluding carboxylic acids is 1. The summed E-state index contributed by atoms with van der Waals surface area (Å²) in [5, 5.41) is 3.02. The number of ether oxygens (including phenoxy) is 2. The largest absolute Gasteiger partial charge is 0.492 e. The molecule has 0 radical (unpaired) electrons. The van der Waals surface area contributed by atoms with Crippen LogP contribution in [0, 0.1) is 11.8 Å². The Bertz CT molecular complexity index is 572. The van der Waals surface area contributed by atoms with Gasteiger partial charge in [0.05, 0.1) is 0 Å². The Balaban J connectivity index is 1.39. The summed E-state index contributed by atoms with van der Waals surface area (Å²) in [4.78, 5) is 14.3. The zero-order chi connectivity index (χ0) is 17.6. The molecule has 2 unspecified atom stereocenters. The van der Waals surface area contributed by atoms with Crippen LogP contribution in [0.4, 0.5) is 0 Å². The Morgan fingerprint density at radius 2 is 2.12 bits per heavy atom. The fourth-order valence-corrected chi connectivity index (χ4v) is 3.37. The molecule has 1 aromatic rings. The first-order chi connectivity index (χ1) is 12.1. The number of hydrogen-bond acceptors (Lipinski definition) is 4. The van der Waals surface area contributed by atoms with Crippen LogP contribution < -0.4 is 10.1 Å². The van der Waals surface area contributed by atoms with Crippen LogP contribution in [-0.2, 0) is 16.1 Å². The van der Waals surface area contributed by atoms with Gasteiger partial charge in [0.1, 0.15) is 12.4 Å². The Hall–Kier alpha value is -1.59. The number of benzene rings is 1. The lowest BCUT2D eigenvalue weighted by Crippen LogP contribution is -2.38. The Kier molecular flexibility index (Phi) is 6.32. The third-order valence-electron chi connectivity index (χ3n) is 5.34. The molecular weight excluding hydrogens is 316 g/mol. The molecule has 1 aliphatic heterocycles. The zero-order valence-corrected chi connectivity index (χ0v) is 15.4. The third-order valence-corrected chi connectivity index (χ3v) is 5.34. The Labute approximate surface area is 150 Å². The van der Waals surface area contributed by atoms with Gasteiger partial charge < -0.3 is 14.8 Å². The quantitative estimate of drug-likeness (QED) is 0.786. The number of amides is 1. The van der Waals surface area contributed by atoms with Gasteiger partial charge in [-0.15, -0.1) is 0 Å². The predicted octanol–water partition coefficient (Wildman–Crippen LogP) is 2.45. The molecule has 0 bridgehead atoms. The van der Waals surface area contributed by atoms with Gasteiger partial charge >= 0.3 is 0 Å². The Morgan fingerprint density at radius 3 is 2.84 bits per heavy atom. The minimum atomic E-state index is 0.178. The SMILES string of the molecule is CC1CC1C(=O)NCc1cccc(OCCN(C)C2CCOCC2)c1. The minimum Gasteiger partial charge on any atom is -0.492 e. The van der Waals surface area contributed by atoms with Crippen LogP contribution in [0.2, 0.25) is 0 Å². The third kappa shape index (κ3) is 5.44. The molecule has 1 saturated carbocycles. The first kappa shape index (κ1) is 18.2. The van der Waals surface area contributed by atoms with E-state index in [1.807, 2.05) is 24.3 Å². The van der Waals surface area contributed by atoms with Gasteiger partial charge in [0.2, 0.25) is 5.91 Å². The van der Waals surface area contributed by atoms with E-state index in [9.17, 15) is 4.79 Å². The molecule has 1 heterocycles. The van der Waals surface area contributed by atoms with E-state index in [1.54, 1.807) is 0 Å². The van der Waals surface area contributed by atoms with E-state index in [2.05, 4.69) is 24.2 Å². The van der Waals surface area contributed by atoms with Gasteiger partial charge in [0.15, 0.2) is 0 Å². The van der Waals surface area contributed by atoms with Crippen LogP contribution in [-0.4, -0.2) is 50.3 Å². The van der Waals surface area contributed by atoms with Gasteiger partial charge in [-0.05, 0) is 49.9 Å². The second-order valence-corrected chi connectivity index (χ2v) is 7.36. The van der Waals surface area contributed by atoms with Crippen molar-refractivity contribution in [3.63, 3.8) is 0 Å². The number of nitrogens with zero attached hydrogens (tertiary/aromatic N) is 1. The van der Waals surface area contributed by atoms with Gasteiger partial charge in [-0.3, -0.25) is 9.69 Å². The van der Waals surface area contributed by atoms with E-state index in [4.69, 9.17) is 9.47 Å². The minimum absolute atomic E-state index is 0.178. The first-order valence-corrected chi connectivity index (χ1v) is 9.41. The average molecular weight is 346 g/mol. The summed E-state index contributed by atoms with van der Waals surface area (Å²) in [7, 11) is 2.16. The molecule has 0 spiro atoms. The van der Waals surface area contributed by atoms with E-state index >= 15 is 0 Å². The normalized spacial score (nSPS) is 23.5. The molecule has 0 aromatic heterocycles. The summed E-state index contributed by atoms with van der Waals surface area (Å²) < 4.78 is 11.3. The van der Waals surface area contributed by atoms with Crippen LogP contribution in [0.3, 0.4) is 0 Å². The van der Waals surface area contributed by atoms with E-state index < -0.39 is 0 Å². The van der Waals surface area contributed by atoms with Crippen LogP contribution in [0.25, 0.3) is 0 Å². The summed E-state index contributed by atoms with van der Waals surface area (Å²) >= 11 is 0. The fourth-order valence-electron chi connectivity index (χ4n) is 3.37. The van der Waals surface area contributed by atoms with Gasteiger partial charge in [-0.1, -0.05) is 19.1 Å². The number of nitrogens with one attached hydrogen (secondary N) is 1. The highest BCUT2D eigenvalue weighted by molar-refractivity contribution is 5.81. The van der Waals surface area contributed by atoms with Crippen molar-refractivity contribution >= 4 is 5.91 Å². The standard InChI is InChI=1S/C20H30N2O3/c1-15-12-19(15)20(23)21-14-16-4-3-5-18(13-16)25-11-8-22(2)17-6-9-24-10-7-17/h3-5,13,15,17,19H,6-12,14H2,1-2H3,(H,21,23). The van der Waals surface area contributed by atoms with E-state index in [-0.39, 0.29) is 11.8 Å². The molecule has 2 atom stereocenters. The molecule has 1 N–H and O–H groups in total. The predicted molar refractivity (Wildman–Crippen MR) is 97.5 cm³/mol. The lowest BCUT2D eigenvalue weighted by Gasteiger charge is -2.31. The molecule has 2 fully saturated rings. The summed E-state index contributed by atoms with van der Waals surface area (Å²) in [5.74, 6) is 1.81. The maximum atomic E-state index is 11.9. The van der Waals surface area contributed by atoms with Gasteiger partial charge in [0.25, 0.3) is 0 Å². The van der Waals surface area contributed by atoms with Gasteiger partial charge in [-0.2, -0.15) is 0 Å². The molecule has 1 amide bonds. The molecule has 2 aliphatic rings. The van der Waals surface area contributed by atoms with Crippen molar-refractivity contribution < 1.29 is 14.3 Å². The Morgan fingerprint density at radius 1 is 1.36 bits per heavy atom. The maximum absolute atomic E-state index is 11.9. The van der Waals surface area contributed by atoms with Crippen molar-refractivity contribution in [3.8, 4) is 5.75 Å². The summed E-state index contributed by atoms with van der Waals surface area (Å²) in [6.45, 7) is 6.00. The molecule has 5 heteroatoms. The highest BCUT2D eigenvalue weighted by Gasteiger charge is 2.38. The van der Waals surface area contributed by atoms with Crippen molar-refractivity contribution in [2.45, 2.75) is 38.8 Å². The van der Waals surface area contributed by atoms with E-state index in [0.29, 0.717) is 25.1 Å². The van der Waals surface area contributed by atoms with Crippen molar-refractivity contribution in [2.24, 2.45) is 11.8 Å². The van der Waals surface area contributed by atoms with Crippen molar-refractivity contribution in [3.05, 3.63) is 29.8 Å². The van der Waals surface area contributed by atoms with Crippen molar-refractivity contribution in [1.29, 1.82) is 0 Å². The summed E-state index contributed by atoms with van der Waals surface area (Å²) in [6, 6.07) is 8.60. The van der Waals surface area contributed by atoms with Crippen LogP contribution in [0.1, 0.15) is 31.7 Å². The molecule has 138 valence electrons. The van der Waals surface area contributed by atoms with E-state index in [0.717, 1.165) is 50.3 Å². The van der Waals surface area contributed by atoms with Gasteiger partial charge in [-0.25, -0.2) is 0 Å². The monoisotopic (exact) mass is 346 g/mol. The highest BCUT2D eigenvalue weighted by Crippen LogP contribution is 2.37. The molecular formula is C20H30N2O3. The second-order valence-electron chi connectivity index (χ2n) is 7.36. The van der Waals surface area contributed by atoms with Crippen LogP contribution >= 0.6 is 0 Å². The zero-order valence-electron chi connectivity index (χ0n) is 15.4. The lowest BCUT2D eigenvalue weighted by atomic mass is 10.1. The van der Waals surface area contributed by atoms with Crippen molar-refractivity contribution in [2.75, 3.05) is 33.4 Å². The van der Waals surface area contributed by atoms with Crippen LogP contribution in [0.5, 0.6) is 5.75 Å². The fraction of sp³-hybridized carbons (Fsp3) is 0.650. The molecule has 3 rings (SSSR count). The molecule has 1 saturated heterocycles. The average Bonchev–Trinajstić information content (AvgIpc) is 3.37. The lowest BCUT2D eigenvalue weighted by molar-refractivity contribution is -0.122. The number of rotatable bonds is 8. The number of likely N-dealkylation sites (N-methyl/N-ethyl adjacent to an activating group) is 1. The van der Waals surface area contributed by atoms with E-state index in [1.165, 1.54) is 0 Å². The highest BCUT2D eigenvalue weighted by atomic mass is 16.5. The molecule has 1 aliphatic carbocycles. The number of carbonyl (C=O) groups is 1.